The van der Waals surface area contributed by atoms with Gasteiger partial charge in [0, 0.05) is 17.0 Å². The number of hydrogen-bond donors (Lipinski definition) is 1. The maximum absolute atomic E-state index is 12.4. The number of nitrogens with one attached hydrogen (secondary N) is 1. The summed E-state index contributed by atoms with van der Waals surface area (Å²) in [6, 6.07) is 9.04. The van der Waals surface area contributed by atoms with E-state index < -0.39 is 4.92 Å². The summed E-state index contributed by atoms with van der Waals surface area (Å²) in [6.07, 6.45) is 1.64. The van der Waals surface area contributed by atoms with Crippen LogP contribution in [0.15, 0.2) is 41.0 Å². The number of furan rings is 1. The van der Waals surface area contributed by atoms with Gasteiger partial charge in [0.1, 0.15) is 11.3 Å². The summed E-state index contributed by atoms with van der Waals surface area (Å²) in [7, 11) is 0. The molecule has 3 rings (SSSR count). The molecule has 0 aliphatic heterocycles. The molecule has 1 N–H and O–H groups in total. The number of benzene rings is 2. The Morgan fingerprint density at radius 2 is 1.92 bits per heavy atom. The SMILES string of the molecule is Cc1cc(C)c(NC(=O)Cc2coc3cc(C)ccc23)c([N+](=O)[O-])c1. The van der Waals surface area contributed by atoms with Crippen molar-refractivity contribution in [2.45, 2.75) is 27.2 Å². The lowest BCUT2D eigenvalue weighted by molar-refractivity contribution is -0.384. The van der Waals surface area contributed by atoms with Gasteiger partial charge in [0.25, 0.3) is 5.69 Å². The number of carbonyl (C=O) groups is 1. The Hall–Kier alpha value is -3.15. The number of nitro benzene ring substituents is 1. The minimum atomic E-state index is -0.481. The van der Waals surface area contributed by atoms with Crippen LogP contribution in [0.2, 0.25) is 0 Å². The van der Waals surface area contributed by atoms with Gasteiger partial charge in [-0.05, 0) is 43.5 Å². The molecule has 0 fully saturated rings. The second kappa shape index (κ2) is 6.39. The second-order valence-corrected chi connectivity index (χ2v) is 6.22. The maximum Gasteiger partial charge on any atom is 0.293 e. The molecule has 0 aliphatic rings. The van der Waals surface area contributed by atoms with Crippen LogP contribution in [-0.4, -0.2) is 10.8 Å². The molecule has 0 saturated heterocycles. The largest absolute Gasteiger partial charge is 0.464 e. The standard InChI is InChI=1S/C19H18N2O4/c1-11-4-5-15-14(10-25-17(15)8-11)9-18(22)20-19-13(3)6-12(2)7-16(19)21(23)24/h4-8,10H,9H2,1-3H3,(H,20,22). The topological polar surface area (TPSA) is 85.4 Å². The van der Waals surface area contributed by atoms with Crippen molar-refractivity contribution in [3.63, 3.8) is 0 Å². The first-order valence-corrected chi connectivity index (χ1v) is 7.87. The summed E-state index contributed by atoms with van der Waals surface area (Å²) >= 11 is 0. The van der Waals surface area contributed by atoms with Gasteiger partial charge in [-0.2, -0.15) is 0 Å². The van der Waals surface area contributed by atoms with Crippen molar-refractivity contribution in [1.82, 2.24) is 0 Å². The van der Waals surface area contributed by atoms with E-state index in [1.165, 1.54) is 6.07 Å². The van der Waals surface area contributed by atoms with Crippen LogP contribution in [0.5, 0.6) is 0 Å². The van der Waals surface area contributed by atoms with Crippen LogP contribution in [0.25, 0.3) is 11.0 Å². The lowest BCUT2D eigenvalue weighted by Gasteiger charge is -2.10. The van der Waals surface area contributed by atoms with Gasteiger partial charge in [-0.25, -0.2) is 0 Å². The van der Waals surface area contributed by atoms with E-state index in [-0.39, 0.29) is 23.7 Å². The van der Waals surface area contributed by atoms with Crippen LogP contribution < -0.4 is 5.32 Å². The smallest absolute Gasteiger partial charge is 0.293 e. The fourth-order valence-corrected chi connectivity index (χ4v) is 2.94. The first kappa shape index (κ1) is 16.7. The lowest BCUT2D eigenvalue weighted by atomic mass is 10.1. The summed E-state index contributed by atoms with van der Waals surface area (Å²) in [6.45, 7) is 5.49. The van der Waals surface area contributed by atoms with Gasteiger partial charge in [0.2, 0.25) is 5.91 Å². The Kier molecular flexibility index (Phi) is 4.27. The number of aryl methyl sites for hydroxylation is 3. The van der Waals surface area contributed by atoms with Crippen molar-refractivity contribution in [1.29, 1.82) is 0 Å². The zero-order valence-corrected chi connectivity index (χ0v) is 14.3. The van der Waals surface area contributed by atoms with Crippen molar-refractivity contribution in [2.75, 3.05) is 5.32 Å². The number of hydrogen-bond acceptors (Lipinski definition) is 4. The monoisotopic (exact) mass is 338 g/mol. The first-order valence-electron chi connectivity index (χ1n) is 7.87. The fraction of sp³-hybridized carbons (Fsp3) is 0.211. The Morgan fingerprint density at radius 1 is 1.16 bits per heavy atom. The third-order valence-corrected chi connectivity index (χ3v) is 4.08. The Bertz CT molecular complexity index is 988. The van der Waals surface area contributed by atoms with Crippen LogP contribution in [-0.2, 0) is 11.2 Å². The number of fused-ring (bicyclic) bond motifs is 1. The molecule has 3 aromatic rings. The average Bonchev–Trinajstić information content (AvgIpc) is 2.91. The maximum atomic E-state index is 12.4. The number of anilines is 1. The average molecular weight is 338 g/mol. The normalized spacial score (nSPS) is 10.8. The summed E-state index contributed by atoms with van der Waals surface area (Å²) in [5, 5.41) is 14.8. The van der Waals surface area contributed by atoms with Crippen LogP contribution >= 0.6 is 0 Å². The molecule has 6 nitrogen and oxygen atoms in total. The van der Waals surface area contributed by atoms with Crippen molar-refractivity contribution < 1.29 is 14.1 Å². The molecule has 0 aliphatic carbocycles. The van der Waals surface area contributed by atoms with Gasteiger partial charge in [-0.15, -0.1) is 0 Å². The molecule has 0 unspecified atom stereocenters. The molecular formula is C19H18N2O4. The van der Waals surface area contributed by atoms with Gasteiger partial charge in [0.15, 0.2) is 0 Å². The predicted molar refractivity (Wildman–Crippen MR) is 95.9 cm³/mol. The molecule has 1 amide bonds. The molecule has 1 heterocycles. The quantitative estimate of drug-likeness (QED) is 0.562. The van der Waals surface area contributed by atoms with Gasteiger partial charge in [-0.3, -0.25) is 14.9 Å². The van der Waals surface area contributed by atoms with Crippen LogP contribution in [0.3, 0.4) is 0 Å². The van der Waals surface area contributed by atoms with Crippen molar-refractivity contribution >= 4 is 28.3 Å². The molecule has 6 heteroatoms. The molecule has 1 aromatic heterocycles. The molecule has 2 aromatic carbocycles. The van der Waals surface area contributed by atoms with Crippen LogP contribution in [0.1, 0.15) is 22.3 Å². The van der Waals surface area contributed by atoms with E-state index in [0.717, 1.165) is 27.7 Å². The molecule has 0 atom stereocenters. The van der Waals surface area contributed by atoms with Crippen molar-refractivity contribution in [2.24, 2.45) is 0 Å². The highest BCUT2D eigenvalue weighted by molar-refractivity contribution is 5.97. The third kappa shape index (κ3) is 3.38. The summed E-state index contributed by atoms with van der Waals surface area (Å²) in [5.41, 5.74) is 4.12. The Balaban J connectivity index is 1.87. The number of amides is 1. The lowest BCUT2D eigenvalue weighted by Crippen LogP contribution is -2.16. The van der Waals surface area contributed by atoms with E-state index in [4.69, 9.17) is 4.42 Å². The summed E-state index contributed by atoms with van der Waals surface area (Å²) in [5.74, 6) is -0.321. The van der Waals surface area contributed by atoms with E-state index in [9.17, 15) is 14.9 Å². The van der Waals surface area contributed by atoms with Gasteiger partial charge in [0.05, 0.1) is 17.6 Å². The molecule has 25 heavy (non-hydrogen) atoms. The van der Waals surface area contributed by atoms with Gasteiger partial charge < -0.3 is 9.73 Å². The van der Waals surface area contributed by atoms with Crippen molar-refractivity contribution in [3.05, 3.63) is 69.0 Å². The van der Waals surface area contributed by atoms with E-state index in [1.54, 1.807) is 26.2 Å². The minimum Gasteiger partial charge on any atom is -0.464 e. The minimum absolute atomic E-state index is 0.0839. The zero-order chi connectivity index (χ0) is 18.1. The molecule has 128 valence electrons. The highest BCUT2D eigenvalue weighted by Gasteiger charge is 2.20. The fourth-order valence-electron chi connectivity index (χ4n) is 2.94. The zero-order valence-electron chi connectivity index (χ0n) is 14.3. The molecule has 0 saturated carbocycles. The van der Waals surface area contributed by atoms with E-state index in [2.05, 4.69) is 5.32 Å². The first-order chi connectivity index (χ1) is 11.8. The highest BCUT2D eigenvalue weighted by atomic mass is 16.6. The third-order valence-electron chi connectivity index (χ3n) is 4.08. The Morgan fingerprint density at radius 3 is 2.64 bits per heavy atom. The van der Waals surface area contributed by atoms with E-state index >= 15 is 0 Å². The molecule has 0 bridgehead atoms. The predicted octanol–water partition coefficient (Wildman–Crippen LogP) is 4.45. The van der Waals surface area contributed by atoms with Crippen molar-refractivity contribution in [3.8, 4) is 0 Å². The highest BCUT2D eigenvalue weighted by Crippen LogP contribution is 2.30. The van der Waals surface area contributed by atoms with Crippen LogP contribution in [0, 0.1) is 30.9 Å². The number of nitro groups is 1. The van der Waals surface area contributed by atoms with E-state index in [0.29, 0.717) is 5.56 Å². The van der Waals surface area contributed by atoms with Gasteiger partial charge in [-0.1, -0.05) is 18.2 Å². The number of nitrogens with zero attached hydrogens (tertiary/aromatic N) is 1. The van der Waals surface area contributed by atoms with Crippen LogP contribution in [0.4, 0.5) is 11.4 Å². The van der Waals surface area contributed by atoms with Gasteiger partial charge >= 0.3 is 0 Å². The summed E-state index contributed by atoms with van der Waals surface area (Å²) < 4.78 is 5.49. The molecule has 0 spiro atoms. The second-order valence-electron chi connectivity index (χ2n) is 6.22. The number of rotatable bonds is 4. The molecule has 0 radical (unpaired) electrons. The Labute approximate surface area is 144 Å². The van der Waals surface area contributed by atoms with E-state index in [1.807, 2.05) is 25.1 Å². The summed E-state index contributed by atoms with van der Waals surface area (Å²) in [4.78, 5) is 23.2. The molecular weight excluding hydrogens is 320 g/mol. The number of carbonyl (C=O) groups excluding carboxylic acids is 1.